The molecule has 1 aromatic carbocycles. The molecule has 2 nitrogen and oxygen atoms in total. The van der Waals surface area contributed by atoms with Gasteiger partial charge in [0.2, 0.25) is 0 Å². The van der Waals surface area contributed by atoms with Crippen LogP contribution in [0.25, 0.3) is 0 Å². The van der Waals surface area contributed by atoms with Gasteiger partial charge in [-0.25, -0.2) is 8.78 Å². The molecular formula is C14H14F2N2. The molecule has 1 unspecified atom stereocenters. The molecule has 0 aliphatic rings. The molecule has 94 valence electrons. The van der Waals surface area contributed by atoms with Crippen LogP contribution in [0.1, 0.15) is 22.9 Å². The molecule has 0 amide bonds. The van der Waals surface area contributed by atoms with Crippen molar-refractivity contribution in [2.45, 2.75) is 19.4 Å². The van der Waals surface area contributed by atoms with Gasteiger partial charge in [-0.05, 0) is 36.6 Å². The van der Waals surface area contributed by atoms with Gasteiger partial charge in [0, 0.05) is 6.20 Å². The quantitative estimate of drug-likeness (QED) is 0.907. The van der Waals surface area contributed by atoms with Crippen molar-refractivity contribution in [2.75, 3.05) is 0 Å². The topological polar surface area (TPSA) is 38.9 Å². The highest BCUT2D eigenvalue weighted by Gasteiger charge is 2.15. The van der Waals surface area contributed by atoms with E-state index in [1.54, 1.807) is 6.20 Å². The molecule has 0 radical (unpaired) electrons. The Labute approximate surface area is 104 Å². The highest BCUT2D eigenvalue weighted by molar-refractivity contribution is 5.25. The predicted octanol–water partition coefficient (Wildman–Crippen LogP) is 2.91. The van der Waals surface area contributed by atoms with Gasteiger partial charge in [-0.1, -0.05) is 18.2 Å². The highest BCUT2D eigenvalue weighted by Crippen LogP contribution is 2.20. The Morgan fingerprint density at radius 3 is 2.72 bits per heavy atom. The first kappa shape index (κ1) is 12.6. The molecule has 0 aliphatic carbocycles. The van der Waals surface area contributed by atoms with Crippen LogP contribution < -0.4 is 5.73 Å². The lowest BCUT2D eigenvalue weighted by Gasteiger charge is -2.14. The summed E-state index contributed by atoms with van der Waals surface area (Å²) in [7, 11) is 0. The van der Waals surface area contributed by atoms with Crippen LogP contribution in [-0.2, 0) is 6.42 Å². The van der Waals surface area contributed by atoms with Gasteiger partial charge in [0.05, 0.1) is 11.7 Å². The second-order valence-electron chi connectivity index (χ2n) is 4.23. The fraction of sp³-hybridized carbons (Fsp3) is 0.214. The first-order chi connectivity index (χ1) is 8.59. The van der Waals surface area contributed by atoms with Gasteiger partial charge >= 0.3 is 0 Å². The number of aromatic nitrogens is 1. The maximum atomic E-state index is 13.5. The Balaban J connectivity index is 2.24. The summed E-state index contributed by atoms with van der Waals surface area (Å²) >= 11 is 0. The SMILES string of the molecule is Cc1cccnc1C(N)Cc1cccc(F)c1F. The van der Waals surface area contributed by atoms with E-state index in [4.69, 9.17) is 5.73 Å². The Morgan fingerprint density at radius 1 is 1.22 bits per heavy atom. The number of pyridine rings is 1. The van der Waals surface area contributed by atoms with E-state index in [2.05, 4.69) is 4.98 Å². The lowest BCUT2D eigenvalue weighted by molar-refractivity contribution is 0.493. The van der Waals surface area contributed by atoms with Gasteiger partial charge in [-0.2, -0.15) is 0 Å². The summed E-state index contributed by atoms with van der Waals surface area (Å²) in [6.07, 6.45) is 1.87. The summed E-state index contributed by atoms with van der Waals surface area (Å²) in [5.74, 6) is -1.68. The molecule has 1 aromatic heterocycles. The number of aryl methyl sites for hydroxylation is 1. The fourth-order valence-corrected chi connectivity index (χ4v) is 1.93. The van der Waals surface area contributed by atoms with Gasteiger partial charge in [-0.15, -0.1) is 0 Å². The number of nitrogens with zero attached hydrogens (tertiary/aromatic N) is 1. The maximum absolute atomic E-state index is 13.5. The minimum absolute atomic E-state index is 0.224. The Hall–Kier alpha value is -1.81. The molecule has 2 rings (SSSR count). The number of hydrogen-bond acceptors (Lipinski definition) is 2. The average Bonchev–Trinajstić information content (AvgIpc) is 2.35. The summed E-state index contributed by atoms with van der Waals surface area (Å²) in [4.78, 5) is 4.19. The minimum Gasteiger partial charge on any atom is -0.322 e. The Bertz CT molecular complexity index is 555. The van der Waals surface area contributed by atoms with Crippen molar-refractivity contribution in [1.82, 2.24) is 4.98 Å². The third kappa shape index (κ3) is 2.54. The Morgan fingerprint density at radius 2 is 2.00 bits per heavy atom. The molecule has 18 heavy (non-hydrogen) atoms. The third-order valence-electron chi connectivity index (χ3n) is 2.87. The van der Waals surface area contributed by atoms with E-state index in [1.165, 1.54) is 12.1 Å². The number of nitrogens with two attached hydrogens (primary N) is 1. The molecule has 1 heterocycles. The number of hydrogen-bond donors (Lipinski definition) is 1. The van der Waals surface area contributed by atoms with Crippen molar-refractivity contribution in [1.29, 1.82) is 0 Å². The van der Waals surface area contributed by atoms with Gasteiger partial charge in [-0.3, -0.25) is 4.98 Å². The molecule has 2 N–H and O–H groups in total. The normalized spacial score (nSPS) is 12.4. The van der Waals surface area contributed by atoms with Crippen molar-refractivity contribution in [3.63, 3.8) is 0 Å². The predicted molar refractivity (Wildman–Crippen MR) is 66.0 cm³/mol. The van der Waals surface area contributed by atoms with E-state index in [-0.39, 0.29) is 12.0 Å². The van der Waals surface area contributed by atoms with Crippen molar-refractivity contribution < 1.29 is 8.78 Å². The largest absolute Gasteiger partial charge is 0.322 e. The summed E-state index contributed by atoms with van der Waals surface area (Å²) in [5, 5.41) is 0. The van der Waals surface area contributed by atoms with Crippen LogP contribution in [0.3, 0.4) is 0 Å². The van der Waals surface area contributed by atoms with Gasteiger partial charge in [0.1, 0.15) is 0 Å². The summed E-state index contributed by atoms with van der Waals surface area (Å²) in [6.45, 7) is 1.89. The van der Waals surface area contributed by atoms with Gasteiger partial charge < -0.3 is 5.73 Å². The molecule has 0 saturated heterocycles. The second kappa shape index (κ2) is 5.23. The van der Waals surface area contributed by atoms with Crippen molar-refractivity contribution in [3.8, 4) is 0 Å². The zero-order valence-corrected chi connectivity index (χ0v) is 10.0. The van der Waals surface area contributed by atoms with Crippen LogP contribution in [0.2, 0.25) is 0 Å². The summed E-state index contributed by atoms with van der Waals surface area (Å²) in [5.41, 5.74) is 7.92. The standard InChI is InChI=1S/C14H14F2N2/c1-9-4-3-7-18-14(9)12(17)8-10-5-2-6-11(15)13(10)16/h2-7,12H,8,17H2,1H3. The molecule has 1 atom stereocenters. The van der Waals surface area contributed by atoms with E-state index in [1.807, 2.05) is 19.1 Å². The van der Waals surface area contributed by atoms with Crippen LogP contribution in [0.15, 0.2) is 36.5 Å². The first-order valence-electron chi connectivity index (χ1n) is 5.69. The van der Waals surface area contributed by atoms with Crippen LogP contribution in [0.4, 0.5) is 8.78 Å². The minimum atomic E-state index is -0.850. The molecule has 2 aromatic rings. The molecule has 0 saturated carbocycles. The van der Waals surface area contributed by atoms with Crippen LogP contribution >= 0.6 is 0 Å². The van der Waals surface area contributed by atoms with Gasteiger partial charge in [0.15, 0.2) is 11.6 Å². The first-order valence-corrected chi connectivity index (χ1v) is 5.69. The summed E-state index contributed by atoms with van der Waals surface area (Å²) < 4.78 is 26.6. The number of rotatable bonds is 3. The molecule has 0 aliphatic heterocycles. The number of halogens is 2. The van der Waals surface area contributed by atoms with E-state index >= 15 is 0 Å². The number of benzene rings is 1. The molecule has 0 spiro atoms. The van der Waals surface area contributed by atoms with E-state index < -0.39 is 17.7 Å². The van der Waals surface area contributed by atoms with Crippen LogP contribution in [0, 0.1) is 18.6 Å². The highest BCUT2D eigenvalue weighted by atomic mass is 19.2. The second-order valence-corrected chi connectivity index (χ2v) is 4.23. The monoisotopic (exact) mass is 248 g/mol. The molecule has 0 bridgehead atoms. The average molecular weight is 248 g/mol. The van der Waals surface area contributed by atoms with E-state index in [0.29, 0.717) is 5.69 Å². The van der Waals surface area contributed by atoms with Crippen LogP contribution in [0.5, 0.6) is 0 Å². The maximum Gasteiger partial charge on any atom is 0.162 e. The van der Waals surface area contributed by atoms with Crippen molar-refractivity contribution in [2.24, 2.45) is 5.73 Å². The van der Waals surface area contributed by atoms with Gasteiger partial charge in [0.25, 0.3) is 0 Å². The van der Waals surface area contributed by atoms with Crippen molar-refractivity contribution in [3.05, 3.63) is 65.0 Å². The van der Waals surface area contributed by atoms with Crippen LogP contribution in [-0.4, -0.2) is 4.98 Å². The van der Waals surface area contributed by atoms with E-state index in [0.717, 1.165) is 11.6 Å². The fourth-order valence-electron chi connectivity index (χ4n) is 1.93. The molecule has 4 heteroatoms. The summed E-state index contributed by atoms with van der Waals surface area (Å²) in [6, 6.07) is 7.37. The van der Waals surface area contributed by atoms with E-state index in [9.17, 15) is 8.78 Å². The zero-order chi connectivity index (χ0) is 13.1. The molecular weight excluding hydrogens is 234 g/mol. The smallest absolute Gasteiger partial charge is 0.162 e. The lowest BCUT2D eigenvalue weighted by Crippen LogP contribution is -2.17. The molecule has 0 fully saturated rings. The lowest BCUT2D eigenvalue weighted by atomic mass is 10.0. The zero-order valence-electron chi connectivity index (χ0n) is 10.0. The third-order valence-corrected chi connectivity index (χ3v) is 2.87. The Kier molecular flexibility index (Phi) is 3.67. The van der Waals surface area contributed by atoms with Crippen molar-refractivity contribution >= 4 is 0 Å².